The average molecular weight is 623 g/mol. The zero-order valence-electron chi connectivity index (χ0n) is 25.5. The molecule has 12 heteroatoms. The Morgan fingerprint density at radius 2 is 1.77 bits per heavy atom. The molecular weight excluding hydrogens is 583 g/mol. The number of nitrogens with one attached hydrogen (secondary N) is 2. The van der Waals surface area contributed by atoms with Crippen LogP contribution in [0, 0.1) is 13.8 Å². The molecule has 2 aliphatic heterocycles. The molecule has 2 aromatic heterocycles. The maximum Gasteiger partial charge on any atom is 0.229 e. The van der Waals surface area contributed by atoms with E-state index in [-0.39, 0.29) is 0 Å². The van der Waals surface area contributed by atoms with Gasteiger partial charge in [-0.2, -0.15) is 10.1 Å². The average Bonchev–Trinajstić information content (AvgIpc) is 3.31. The summed E-state index contributed by atoms with van der Waals surface area (Å²) in [7, 11) is -0.551. The van der Waals surface area contributed by atoms with Gasteiger partial charge in [0.1, 0.15) is 18.0 Å². The first-order valence-corrected chi connectivity index (χ1v) is 17.8. The van der Waals surface area contributed by atoms with Crippen molar-refractivity contribution in [1.29, 1.82) is 0 Å². The van der Waals surface area contributed by atoms with Crippen LogP contribution in [-0.4, -0.2) is 83.4 Å². The molecule has 0 atom stereocenters. The SMILES string of the molecule is Cc1ccc(Nc2nc(Nc3ccc4c(N5CCC(N6CCOCC6)CC5)n(C)nc4c3)ncc2Cl)c(P(C)(C)=O)c1C. The third kappa shape index (κ3) is 6.25. The van der Waals surface area contributed by atoms with Gasteiger partial charge < -0.3 is 24.8 Å². The summed E-state index contributed by atoms with van der Waals surface area (Å²) < 4.78 is 20.7. The standard InChI is InChI=1S/C31H40ClN8O2P/c1-20-6-9-26(28(21(20)2)43(4,5)41)35-29-25(32)19-33-31(36-29)34-22-7-8-24-27(18-22)37-38(3)30(24)40-12-10-23(11-13-40)39-14-16-42-17-15-39/h6-9,18-19,23H,10-17H2,1-5H3,(H2,33,34,35,36). The number of rotatable bonds is 7. The van der Waals surface area contributed by atoms with Gasteiger partial charge in [-0.05, 0) is 75.4 Å². The van der Waals surface area contributed by atoms with Crippen LogP contribution in [0.15, 0.2) is 36.5 Å². The van der Waals surface area contributed by atoms with Crippen molar-refractivity contribution >= 4 is 63.9 Å². The molecule has 2 aromatic carbocycles. The number of piperidine rings is 1. The fourth-order valence-corrected chi connectivity index (χ4v) is 8.23. The second-order valence-electron chi connectivity index (χ2n) is 11.9. The van der Waals surface area contributed by atoms with Gasteiger partial charge in [0.25, 0.3) is 0 Å². The van der Waals surface area contributed by atoms with Crippen molar-refractivity contribution in [2.45, 2.75) is 32.7 Å². The van der Waals surface area contributed by atoms with Crippen LogP contribution in [0.1, 0.15) is 24.0 Å². The Balaban J connectivity index is 1.20. The summed E-state index contributed by atoms with van der Waals surface area (Å²) in [6, 6.07) is 10.7. The van der Waals surface area contributed by atoms with Crippen molar-refractivity contribution in [2.75, 3.05) is 68.3 Å². The van der Waals surface area contributed by atoms with Crippen molar-refractivity contribution in [3.63, 3.8) is 0 Å². The summed E-state index contributed by atoms with van der Waals surface area (Å²) in [5, 5.41) is 13.8. The van der Waals surface area contributed by atoms with Gasteiger partial charge in [-0.25, -0.2) is 4.98 Å². The first kappa shape index (κ1) is 29.9. The smallest absolute Gasteiger partial charge is 0.229 e. The van der Waals surface area contributed by atoms with Crippen molar-refractivity contribution in [3.8, 4) is 0 Å². The number of morpholine rings is 1. The Kier molecular flexibility index (Phi) is 8.39. The van der Waals surface area contributed by atoms with E-state index in [1.54, 1.807) is 19.5 Å². The normalized spacial score (nSPS) is 17.0. The maximum atomic E-state index is 13.2. The summed E-state index contributed by atoms with van der Waals surface area (Å²) in [4.78, 5) is 14.1. The molecule has 4 aromatic rings. The molecule has 2 fully saturated rings. The molecule has 0 unspecified atom stereocenters. The van der Waals surface area contributed by atoms with E-state index in [1.165, 1.54) is 0 Å². The van der Waals surface area contributed by atoms with Crippen LogP contribution >= 0.6 is 18.7 Å². The summed E-state index contributed by atoms with van der Waals surface area (Å²) in [5.41, 5.74) is 4.57. The lowest BCUT2D eigenvalue weighted by molar-refractivity contribution is 0.0114. The third-order valence-corrected chi connectivity index (χ3v) is 10.6. The molecule has 2 N–H and O–H groups in total. The predicted molar refractivity (Wildman–Crippen MR) is 177 cm³/mol. The van der Waals surface area contributed by atoms with Gasteiger partial charge in [0.05, 0.1) is 30.6 Å². The van der Waals surface area contributed by atoms with Gasteiger partial charge in [-0.3, -0.25) is 9.58 Å². The third-order valence-electron chi connectivity index (χ3n) is 8.62. The molecular formula is C31H40ClN8O2P. The van der Waals surface area contributed by atoms with E-state index in [4.69, 9.17) is 21.4 Å². The highest BCUT2D eigenvalue weighted by Crippen LogP contribution is 2.41. The summed E-state index contributed by atoms with van der Waals surface area (Å²) in [6.07, 6.45) is 3.86. The fourth-order valence-electron chi connectivity index (χ4n) is 6.39. The number of hydrogen-bond acceptors (Lipinski definition) is 9. The largest absolute Gasteiger partial charge is 0.379 e. The van der Waals surface area contributed by atoms with Crippen LogP contribution < -0.4 is 20.8 Å². The van der Waals surface area contributed by atoms with Crippen molar-refractivity contribution < 1.29 is 9.30 Å². The molecule has 43 heavy (non-hydrogen) atoms. The molecule has 0 amide bonds. The highest BCUT2D eigenvalue weighted by molar-refractivity contribution is 7.70. The van der Waals surface area contributed by atoms with Crippen LogP contribution in [0.2, 0.25) is 5.02 Å². The monoisotopic (exact) mass is 622 g/mol. The lowest BCUT2D eigenvalue weighted by Gasteiger charge is -2.40. The molecule has 0 aliphatic carbocycles. The van der Waals surface area contributed by atoms with Gasteiger partial charge in [0.15, 0.2) is 5.82 Å². The van der Waals surface area contributed by atoms with Crippen molar-refractivity contribution in [2.24, 2.45) is 7.05 Å². The van der Waals surface area contributed by atoms with Gasteiger partial charge in [0.2, 0.25) is 5.95 Å². The minimum atomic E-state index is -2.57. The van der Waals surface area contributed by atoms with Gasteiger partial charge in [-0.15, -0.1) is 0 Å². The van der Waals surface area contributed by atoms with Crippen molar-refractivity contribution in [1.82, 2.24) is 24.6 Å². The number of nitrogens with zero attached hydrogens (tertiary/aromatic N) is 6. The Hall–Kier alpha value is -3.17. The number of aromatic nitrogens is 4. The van der Waals surface area contributed by atoms with Gasteiger partial charge in [-0.1, -0.05) is 17.7 Å². The molecule has 228 valence electrons. The van der Waals surface area contributed by atoms with E-state index in [9.17, 15) is 4.57 Å². The van der Waals surface area contributed by atoms with Gasteiger partial charge in [0, 0.05) is 55.6 Å². The summed E-state index contributed by atoms with van der Waals surface area (Å²) >= 11 is 6.50. The van der Waals surface area contributed by atoms with Crippen LogP contribution in [-0.2, 0) is 16.3 Å². The number of benzene rings is 2. The Bertz CT molecular complexity index is 1690. The number of fused-ring (bicyclic) bond motifs is 1. The molecule has 4 heterocycles. The molecule has 0 radical (unpaired) electrons. The summed E-state index contributed by atoms with van der Waals surface area (Å²) in [5.74, 6) is 2.00. The zero-order valence-corrected chi connectivity index (χ0v) is 27.2. The predicted octanol–water partition coefficient (Wildman–Crippen LogP) is 5.67. The highest BCUT2D eigenvalue weighted by Gasteiger charge is 2.28. The zero-order chi connectivity index (χ0) is 30.3. The van der Waals surface area contributed by atoms with Gasteiger partial charge >= 0.3 is 0 Å². The first-order valence-electron chi connectivity index (χ1n) is 14.8. The van der Waals surface area contributed by atoms with Crippen LogP contribution in [0.5, 0.6) is 0 Å². The lowest BCUT2D eigenvalue weighted by atomic mass is 10.0. The van der Waals surface area contributed by atoms with Crippen LogP contribution in [0.25, 0.3) is 10.9 Å². The van der Waals surface area contributed by atoms with E-state index in [2.05, 4.69) is 36.5 Å². The topological polar surface area (TPSA) is 100 Å². The first-order chi connectivity index (χ1) is 20.6. The Labute approximate surface area is 258 Å². The van der Waals surface area contributed by atoms with Crippen LogP contribution in [0.4, 0.5) is 29.0 Å². The minimum absolute atomic E-state index is 0.374. The minimum Gasteiger partial charge on any atom is -0.379 e. The molecule has 0 saturated carbocycles. The number of hydrogen-bond donors (Lipinski definition) is 2. The van der Waals surface area contributed by atoms with E-state index in [1.807, 2.05) is 49.8 Å². The number of ether oxygens (including phenoxy) is 1. The number of anilines is 5. The Morgan fingerprint density at radius 3 is 2.49 bits per heavy atom. The fraction of sp³-hybridized carbons (Fsp3) is 0.452. The molecule has 2 aliphatic rings. The van der Waals surface area contributed by atoms with Crippen molar-refractivity contribution in [3.05, 3.63) is 52.7 Å². The highest BCUT2D eigenvalue weighted by atomic mass is 35.5. The number of halogens is 1. The molecule has 0 bridgehead atoms. The molecule has 2 saturated heterocycles. The molecule has 6 rings (SSSR count). The summed E-state index contributed by atoms with van der Waals surface area (Å²) in [6.45, 7) is 13.4. The van der Waals surface area contributed by atoms with Crippen LogP contribution in [0.3, 0.4) is 0 Å². The molecule has 10 nitrogen and oxygen atoms in total. The quantitative estimate of drug-likeness (QED) is 0.253. The van der Waals surface area contributed by atoms with E-state index in [0.717, 1.165) is 96.8 Å². The van der Waals surface area contributed by atoms with E-state index >= 15 is 0 Å². The number of aryl methyl sites for hydroxylation is 2. The second kappa shape index (κ2) is 12.1. The lowest BCUT2D eigenvalue weighted by Crippen LogP contribution is -2.49. The van der Waals surface area contributed by atoms with E-state index < -0.39 is 7.14 Å². The Morgan fingerprint density at radius 1 is 1.02 bits per heavy atom. The second-order valence-corrected chi connectivity index (χ2v) is 15.5. The maximum absolute atomic E-state index is 13.2. The van der Waals surface area contributed by atoms with E-state index in [0.29, 0.717) is 22.8 Å². The molecule has 0 spiro atoms.